The molecule has 0 bridgehead atoms. The Balaban J connectivity index is 2.46. The highest BCUT2D eigenvalue weighted by molar-refractivity contribution is 4.85. The van der Waals surface area contributed by atoms with Crippen molar-refractivity contribution >= 4 is 0 Å². The highest BCUT2D eigenvalue weighted by Gasteiger charge is 2.28. The van der Waals surface area contributed by atoms with E-state index < -0.39 is 0 Å². The monoisotopic (exact) mass is 241 g/mol. The molecule has 0 aromatic rings. The van der Waals surface area contributed by atoms with Crippen LogP contribution < -0.4 is 11.1 Å². The van der Waals surface area contributed by atoms with Gasteiger partial charge in [0.25, 0.3) is 0 Å². The molecule has 1 aliphatic rings. The molecule has 3 heteroatoms. The van der Waals surface area contributed by atoms with Crippen LogP contribution >= 0.6 is 0 Å². The fraction of sp³-hybridized carbons (Fsp3) is 1.00. The van der Waals surface area contributed by atoms with Gasteiger partial charge in [-0.1, -0.05) is 27.7 Å². The van der Waals surface area contributed by atoms with Crippen LogP contribution in [0.15, 0.2) is 0 Å². The molecule has 1 rings (SSSR count). The molecule has 17 heavy (non-hydrogen) atoms. The average molecular weight is 241 g/mol. The normalized spacial score (nSPS) is 27.0. The lowest BCUT2D eigenvalue weighted by atomic mass is 9.85. The minimum atomic E-state index is 0.657. The summed E-state index contributed by atoms with van der Waals surface area (Å²) in [5, 5.41) is 3.71. The number of nitrogens with zero attached hydrogens (tertiary/aromatic N) is 1. The molecule has 0 aromatic carbocycles. The Bertz CT molecular complexity index is 204. The molecule has 0 aliphatic carbocycles. The van der Waals surface area contributed by atoms with Gasteiger partial charge in [-0.3, -0.25) is 0 Å². The molecule has 2 atom stereocenters. The first-order chi connectivity index (χ1) is 8.02. The lowest BCUT2D eigenvalue weighted by Crippen LogP contribution is -2.51. The number of nitrogens with one attached hydrogen (secondary N) is 1. The quantitative estimate of drug-likeness (QED) is 0.741. The predicted octanol–water partition coefficient (Wildman–Crippen LogP) is 1.54. The number of rotatable bonds is 6. The molecule has 3 nitrogen and oxygen atoms in total. The van der Waals surface area contributed by atoms with Crippen LogP contribution in [0.1, 0.15) is 34.1 Å². The summed E-state index contributed by atoms with van der Waals surface area (Å²) in [6.45, 7) is 14.6. The van der Waals surface area contributed by atoms with E-state index in [0.717, 1.165) is 37.4 Å². The molecule has 1 heterocycles. The summed E-state index contributed by atoms with van der Waals surface area (Å²) in [5.41, 5.74) is 5.69. The first-order valence-corrected chi connectivity index (χ1v) is 7.18. The van der Waals surface area contributed by atoms with Crippen molar-refractivity contribution in [1.29, 1.82) is 0 Å². The van der Waals surface area contributed by atoms with Gasteiger partial charge >= 0.3 is 0 Å². The smallest absolute Gasteiger partial charge is 0.0198 e. The Morgan fingerprint density at radius 1 is 1.24 bits per heavy atom. The predicted molar refractivity (Wildman–Crippen MR) is 75.1 cm³/mol. The van der Waals surface area contributed by atoms with Crippen LogP contribution in [0.5, 0.6) is 0 Å². The highest BCUT2D eigenvalue weighted by atomic mass is 15.2. The van der Waals surface area contributed by atoms with Gasteiger partial charge in [0, 0.05) is 32.2 Å². The fourth-order valence-corrected chi connectivity index (χ4v) is 2.63. The third kappa shape index (κ3) is 5.36. The van der Waals surface area contributed by atoms with E-state index in [1.165, 1.54) is 19.5 Å². The molecule has 1 saturated heterocycles. The summed E-state index contributed by atoms with van der Waals surface area (Å²) in [6.07, 6.45) is 1.32. The Morgan fingerprint density at radius 2 is 1.94 bits per heavy atom. The van der Waals surface area contributed by atoms with Gasteiger partial charge < -0.3 is 16.0 Å². The molecular weight excluding hydrogens is 210 g/mol. The molecule has 0 aromatic heterocycles. The molecule has 1 fully saturated rings. The van der Waals surface area contributed by atoms with Crippen molar-refractivity contribution in [2.75, 3.05) is 32.7 Å². The molecule has 0 amide bonds. The zero-order chi connectivity index (χ0) is 12.8. The number of likely N-dealkylation sites (tertiary alicyclic amines) is 1. The van der Waals surface area contributed by atoms with Crippen LogP contribution in [0.2, 0.25) is 0 Å². The summed E-state index contributed by atoms with van der Waals surface area (Å²) < 4.78 is 0. The fourth-order valence-electron chi connectivity index (χ4n) is 2.63. The molecule has 1 aliphatic heterocycles. The van der Waals surface area contributed by atoms with Gasteiger partial charge in [-0.05, 0) is 30.7 Å². The van der Waals surface area contributed by atoms with E-state index in [4.69, 9.17) is 5.73 Å². The van der Waals surface area contributed by atoms with E-state index in [0.29, 0.717) is 6.04 Å². The first kappa shape index (κ1) is 14.9. The molecule has 0 radical (unpaired) electrons. The van der Waals surface area contributed by atoms with Gasteiger partial charge in [0.05, 0.1) is 0 Å². The van der Waals surface area contributed by atoms with E-state index in [1.54, 1.807) is 0 Å². The van der Waals surface area contributed by atoms with E-state index in [-0.39, 0.29) is 0 Å². The van der Waals surface area contributed by atoms with Gasteiger partial charge in [0.15, 0.2) is 0 Å². The third-order valence-corrected chi connectivity index (χ3v) is 3.76. The van der Waals surface area contributed by atoms with Gasteiger partial charge in [-0.25, -0.2) is 0 Å². The van der Waals surface area contributed by atoms with Gasteiger partial charge in [0.2, 0.25) is 0 Å². The number of piperidine rings is 1. The van der Waals surface area contributed by atoms with Crippen molar-refractivity contribution in [3.8, 4) is 0 Å². The SMILES string of the molecule is CC(C)CNC1CC(C(C)C)CN(CCN)C1. The zero-order valence-electron chi connectivity index (χ0n) is 12.1. The van der Waals surface area contributed by atoms with Crippen molar-refractivity contribution in [3.63, 3.8) is 0 Å². The summed E-state index contributed by atoms with van der Waals surface area (Å²) in [6, 6.07) is 0.657. The van der Waals surface area contributed by atoms with E-state index in [9.17, 15) is 0 Å². The topological polar surface area (TPSA) is 41.3 Å². The number of hydrogen-bond donors (Lipinski definition) is 2. The standard InChI is InChI=1S/C14H31N3/c1-11(2)8-16-14-7-13(12(3)4)9-17(10-14)6-5-15/h11-14,16H,5-10,15H2,1-4H3. The van der Waals surface area contributed by atoms with Crippen molar-refractivity contribution < 1.29 is 0 Å². The maximum absolute atomic E-state index is 5.69. The van der Waals surface area contributed by atoms with Crippen LogP contribution in [0.3, 0.4) is 0 Å². The van der Waals surface area contributed by atoms with Gasteiger partial charge in [-0.2, -0.15) is 0 Å². The van der Waals surface area contributed by atoms with E-state index >= 15 is 0 Å². The second-order valence-corrected chi connectivity index (χ2v) is 6.29. The first-order valence-electron chi connectivity index (χ1n) is 7.18. The second-order valence-electron chi connectivity index (χ2n) is 6.29. The Morgan fingerprint density at radius 3 is 2.47 bits per heavy atom. The minimum Gasteiger partial charge on any atom is -0.329 e. The largest absolute Gasteiger partial charge is 0.329 e. The number of hydrogen-bond acceptors (Lipinski definition) is 3. The second kappa shape index (κ2) is 7.34. The van der Waals surface area contributed by atoms with E-state index in [1.807, 2.05) is 0 Å². The molecule has 0 saturated carbocycles. The lowest BCUT2D eigenvalue weighted by molar-refractivity contribution is 0.117. The zero-order valence-corrected chi connectivity index (χ0v) is 12.1. The lowest BCUT2D eigenvalue weighted by Gasteiger charge is -2.40. The van der Waals surface area contributed by atoms with Crippen LogP contribution in [0.4, 0.5) is 0 Å². The van der Waals surface area contributed by atoms with Crippen LogP contribution in [-0.2, 0) is 0 Å². The van der Waals surface area contributed by atoms with Crippen LogP contribution in [-0.4, -0.2) is 43.7 Å². The Labute approximate surface area is 107 Å². The maximum atomic E-state index is 5.69. The summed E-state index contributed by atoms with van der Waals surface area (Å²) in [4.78, 5) is 2.53. The Hall–Kier alpha value is -0.120. The van der Waals surface area contributed by atoms with E-state index in [2.05, 4.69) is 37.9 Å². The van der Waals surface area contributed by atoms with Gasteiger partial charge in [-0.15, -0.1) is 0 Å². The molecule has 0 spiro atoms. The molecule has 2 unspecified atom stereocenters. The minimum absolute atomic E-state index is 0.657. The van der Waals surface area contributed by atoms with Crippen molar-refractivity contribution in [2.24, 2.45) is 23.5 Å². The van der Waals surface area contributed by atoms with Crippen molar-refractivity contribution in [3.05, 3.63) is 0 Å². The highest BCUT2D eigenvalue weighted by Crippen LogP contribution is 2.23. The summed E-state index contributed by atoms with van der Waals surface area (Å²) >= 11 is 0. The summed E-state index contributed by atoms with van der Waals surface area (Å²) in [7, 11) is 0. The van der Waals surface area contributed by atoms with Crippen LogP contribution in [0.25, 0.3) is 0 Å². The number of nitrogens with two attached hydrogens (primary N) is 1. The van der Waals surface area contributed by atoms with Gasteiger partial charge in [0.1, 0.15) is 0 Å². The molecule has 102 valence electrons. The molecular formula is C14H31N3. The Kier molecular flexibility index (Phi) is 6.45. The summed E-state index contributed by atoms with van der Waals surface area (Å²) in [5.74, 6) is 2.33. The maximum Gasteiger partial charge on any atom is 0.0198 e. The van der Waals surface area contributed by atoms with Crippen LogP contribution in [0, 0.1) is 17.8 Å². The average Bonchev–Trinajstić information content (AvgIpc) is 2.26. The van der Waals surface area contributed by atoms with Crippen molar-refractivity contribution in [1.82, 2.24) is 10.2 Å². The third-order valence-electron chi connectivity index (χ3n) is 3.76. The van der Waals surface area contributed by atoms with Crippen molar-refractivity contribution in [2.45, 2.75) is 40.2 Å². The molecule has 3 N–H and O–H groups in total.